The number of hydrogen-bond acceptors (Lipinski definition) is 3. The second-order valence-electron chi connectivity index (χ2n) is 5.08. The molecule has 20 heavy (non-hydrogen) atoms. The van der Waals surface area contributed by atoms with E-state index in [9.17, 15) is 4.79 Å². The van der Waals surface area contributed by atoms with Gasteiger partial charge in [-0.2, -0.15) is 5.10 Å². The first-order chi connectivity index (χ1) is 9.52. The maximum absolute atomic E-state index is 12.5. The molecule has 0 unspecified atom stereocenters. The van der Waals surface area contributed by atoms with Crippen LogP contribution < -0.4 is 0 Å². The van der Waals surface area contributed by atoms with Crippen molar-refractivity contribution in [1.29, 1.82) is 0 Å². The molecule has 0 aliphatic rings. The number of aryl methyl sites for hydroxylation is 3. The first-order valence-electron chi connectivity index (χ1n) is 6.84. The van der Waals surface area contributed by atoms with Crippen LogP contribution >= 0.6 is 11.3 Å². The van der Waals surface area contributed by atoms with Crippen LogP contribution in [0, 0.1) is 6.92 Å². The summed E-state index contributed by atoms with van der Waals surface area (Å²) in [5, 5.41) is 6.45. The Hall–Kier alpha value is -1.62. The molecule has 2 heterocycles. The highest BCUT2D eigenvalue weighted by atomic mass is 32.1. The fourth-order valence-electron chi connectivity index (χ4n) is 2.15. The van der Waals surface area contributed by atoms with Crippen LogP contribution in [0.15, 0.2) is 17.5 Å². The van der Waals surface area contributed by atoms with E-state index < -0.39 is 0 Å². The highest BCUT2D eigenvalue weighted by molar-refractivity contribution is 7.10. The smallest absolute Gasteiger partial charge is 0.272 e. The lowest BCUT2D eigenvalue weighted by Crippen LogP contribution is -2.27. The van der Waals surface area contributed by atoms with Gasteiger partial charge in [0.1, 0.15) is 5.69 Å². The lowest BCUT2D eigenvalue weighted by molar-refractivity contribution is 0.0775. The third-order valence-corrected chi connectivity index (χ3v) is 4.36. The monoisotopic (exact) mass is 291 g/mol. The Morgan fingerprint density at radius 3 is 2.85 bits per heavy atom. The van der Waals surface area contributed by atoms with E-state index in [2.05, 4.69) is 30.4 Å². The third-order valence-electron chi connectivity index (χ3n) is 3.35. The lowest BCUT2D eigenvalue weighted by atomic mass is 10.2. The summed E-state index contributed by atoms with van der Waals surface area (Å²) in [6.45, 7) is 4.84. The number of rotatable bonds is 5. The fraction of sp³-hybridized carbons (Fsp3) is 0.467. The Bertz CT molecular complexity index is 600. The standard InChI is InChI=1S/C15H21N3OS/c1-5-6-12-9-13(18(4)16-12)15(19)17(3)10-14-11(2)7-8-20-14/h7-9H,5-6,10H2,1-4H3. The average molecular weight is 291 g/mol. The Labute approximate surface area is 124 Å². The molecule has 4 nitrogen and oxygen atoms in total. The molecule has 0 saturated heterocycles. The van der Waals surface area contributed by atoms with Gasteiger partial charge in [0.15, 0.2) is 0 Å². The molecule has 0 fully saturated rings. The number of thiophene rings is 1. The van der Waals surface area contributed by atoms with Gasteiger partial charge in [-0.25, -0.2) is 0 Å². The van der Waals surface area contributed by atoms with Crippen molar-refractivity contribution >= 4 is 17.2 Å². The molecular formula is C15H21N3OS. The van der Waals surface area contributed by atoms with Crippen molar-refractivity contribution in [3.05, 3.63) is 39.3 Å². The van der Waals surface area contributed by atoms with Crippen molar-refractivity contribution in [3.63, 3.8) is 0 Å². The minimum Gasteiger partial charge on any atom is -0.335 e. The molecule has 0 radical (unpaired) electrons. The van der Waals surface area contributed by atoms with Crippen molar-refractivity contribution in [3.8, 4) is 0 Å². The molecule has 2 aromatic rings. The number of carbonyl (C=O) groups is 1. The Morgan fingerprint density at radius 1 is 1.50 bits per heavy atom. The predicted octanol–water partition coefficient (Wildman–Crippen LogP) is 3.01. The zero-order valence-electron chi connectivity index (χ0n) is 12.5. The molecule has 2 rings (SSSR count). The summed E-state index contributed by atoms with van der Waals surface area (Å²) in [4.78, 5) is 15.5. The van der Waals surface area contributed by atoms with E-state index in [1.54, 1.807) is 20.9 Å². The van der Waals surface area contributed by atoms with Gasteiger partial charge in [0, 0.05) is 19.0 Å². The van der Waals surface area contributed by atoms with Gasteiger partial charge in [-0.3, -0.25) is 9.48 Å². The summed E-state index contributed by atoms with van der Waals surface area (Å²) in [6.07, 6.45) is 1.95. The number of nitrogens with zero attached hydrogens (tertiary/aromatic N) is 3. The minimum absolute atomic E-state index is 0.0233. The van der Waals surface area contributed by atoms with E-state index in [0.717, 1.165) is 18.5 Å². The van der Waals surface area contributed by atoms with Gasteiger partial charge < -0.3 is 4.90 Å². The Morgan fingerprint density at radius 2 is 2.25 bits per heavy atom. The fourth-order valence-corrected chi connectivity index (χ4v) is 3.11. The highest BCUT2D eigenvalue weighted by Crippen LogP contribution is 2.18. The zero-order chi connectivity index (χ0) is 14.7. The molecule has 108 valence electrons. The van der Waals surface area contributed by atoms with E-state index in [-0.39, 0.29) is 5.91 Å². The van der Waals surface area contributed by atoms with E-state index in [4.69, 9.17) is 0 Å². The molecule has 0 atom stereocenters. The summed E-state index contributed by atoms with van der Waals surface area (Å²) >= 11 is 1.69. The largest absolute Gasteiger partial charge is 0.335 e. The molecule has 0 aliphatic heterocycles. The van der Waals surface area contributed by atoms with Crippen LogP contribution in [0.4, 0.5) is 0 Å². The molecule has 1 amide bonds. The van der Waals surface area contributed by atoms with Gasteiger partial charge in [-0.05, 0) is 36.4 Å². The van der Waals surface area contributed by atoms with Crippen LogP contribution in [0.2, 0.25) is 0 Å². The van der Waals surface area contributed by atoms with Crippen molar-refractivity contribution in [1.82, 2.24) is 14.7 Å². The van der Waals surface area contributed by atoms with Gasteiger partial charge in [-0.1, -0.05) is 13.3 Å². The highest BCUT2D eigenvalue weighted by Gasteiger charge is 2.18. The molecular weight excluding hydrogens is 270 g/mol. The van der Waals surface area contributed by atoms with Crippen LogP contribution in [0.25, 0.3) is 0 Å². The molecule has 0 bridgehead atoms. The summed E-state index contributed by atoms with van der Waals surface area (Å²) < 4.78 is 1.69. The van der Waals surface area contributed by atoms with Gasteiger partial charge in [0.25, 0.3) is 5.91 Å². The number of hydrogen-bond donors (Lipinski definition) is 0. The lowest BCUT2D eigenvalue weighted by Gasteiger charge is -2.16. The summed E-state index contributed by atoms with van der Waals surface area (Å²) in [7, 11) is 3.67. The maximum Gasteiger partial charge on any atom is 0.272 e. The normalized spacial score (nSPS) is 10.8. The molecule has 2 aromatic heterocycles. The van der Waals surface area contributed by atoms with Crippen LogP contribution in [-0.2, 0) is 20.0 Å². The Kier molecular flexibility index (Phi) is 4.60. The SMILES string of the molecule is CCCc1cc(C(=O)N(C)Cc2sccc2C)n(C)n1. The van der Waals surface area contributed by atoms with E-state index in [0.29, 0.717) is 12.2 Å². The van der Waals surface area contributed by atoms with E-state index >= 15 is 0 Å². The quantitative estimate of drug-likeness (QED) is 0.849. The van der Waals surface area contributed by atoms with Crippen LogP contribution in [-0.4, -0.2) is 27.6 Å². The maximum atomic E-state index is 12.5. The third kappa shape index (κ3) is 3.10. The summed E-state index contributed by atoms with van der Waals surface area (Å²) in [5.41, 5.74) is 2.88. The van der Waals surface area contributed by atoms with Gasteiger partial charge in [0.2, 0.25) is 0 Å². The topological polar surface area (TPSA) is 38.1 Å². The van der Waals surface area contributed by atoms with Crippen molar-refractivity contribution in [2.24, 2.45) is 7.05 Å². The summed E-state index contributed by atoms with van der Waals surface area (Å²) in [5.74, 6) is 0.0233. The molecule has 0 N–H and O–H groups in total. The summed E-state index contributed by atoms with van der Waals surface area (Å²) in [6, 6.07) is 3.99. The number of carbonyl (C=O) groups excluding carboxylic acids is 1. The molecule has 0 spiro atoms. The number of amides is 1. The molecule has 0 saturated carbocycles. The van der Waals surface area contributed by atoms with Crippen molar-refractivity contribution < 1.29 is 4.79 Å². The van der Waals surface area contributed by atoms with Crippen LogP contribution in [0.1, 0.15) is 40.0 Å². The van der Waals surface area contributed by atoms with Gasteiger partial charge >= 0.3 is 0 Å². The Balaban J connectivity index is 2.12. The average Bonchev–Trinajstić information content (AvgIpc) is 2.96. The van der Waals surface area contributed by atoms with Crippen molar-refractivity contribution in [2.45, 2.75) is 33.2 Å². The van der Waals surface area contributed by atoms with Gasteiger partial charge in [-0.15, -0.1) is 11.3 Å². The first-order valence-corrected chi connectivity index (χ1v) is 7.72. The number of aromatic nitrogens is 2. The second kappa shape index (κ2) is 6.22. The van der Waals surface area contributed by atoms with E-state index in [1.165, 1.54) is 10.4 Å². The minimum atomic E-state index is 0.0233. The van der Waals surface area contributed by atoms with E-state index in [1.807, 2.05) is 20.2 Å². The van der Waals surface area contributed by atoms with Gasteiger partial charge in [0.05, 0.1) is 12.2 Å². The molecule has 0 aliphatic carbocycles. The second-order valence-corrected chi connectivity index (χ2v) is 6.08. The predicted molar refractivity (Wildman–Crippen MR) is 82.1 cm³/mol. The zero-order valence-corrected chi connectivity index (χ0v) is 13.3. The van der Waals surface area contributed by atoms with Crippen molar-refractivity contribution in [2.75, 3.05) is 7.05 Å². The molecule has 5 heteroatoms. The van der Waals surface area contributed by atoms with Crippen LogP contribution in [0.5, 0.6) is 0 Å². The molecule has 0 aromatic carbocycles. The van der Waals surface area contributed by atoms with Crippen LogP contribution in [0.3, 0.4) is 0 Å². The first kappa shape index (κ1) is 14.8.